The standard InChI is InChI=1S/C19H26N4O2/c1-25-18-4-2-14(3-5-18)19-15(10-20-21-19)11-22-8-6-16(7-9-22)23-12-17(24)13-23/h2-5,10,16-17,24H,6-9,11-13H2,1H3,(H,20,21). The highest BCUT2D eigenvalue weighted by atomic mass is 16.5. The van der Waals surface area contributed by atoms with Crippen molar-refractivity contribution in [2.75, 3.05) is 33.3 Å². The van der Waals surface area contributed by atoms with Crippen molar-refractivity contribution < 1.29 is 9.84 Å². The van der Waals surface area contributed by atoms with E-state index in [4.69, 9.17) is 4.74 Å². The zero-order valence-corrected chi connectivity index (χ0v) is 14.7. The molecule has 3 heterocycles. The molecule has 0 atom stereocenters. The van der Waals surface area contributed by atoms with Gasteiger partial charge in [0.1, 0.15) is 5.75 Å². The molecule has 4 rings (SSSR count). The topological polar surface area (TPSA) is 64.6 Å². The highest BCUT2D eigenvalue weighted by Gasteiger charge is 2.33. The van der Waals surface area contributed by atoms with Gasteiger partial charge >= 0.3 is 0 Å². The summed E-state index contributed by atoms with van der Waals surface area (Å²) in [6.07, 6.45) is 4.21. The predicted molar refractivity (Wildman–Crippen MR) is 96.5 cm³/mol. The van der Waals surface area contributed by atoms with Crippen LogP contribution in [0.2, 0.25) is 0 Å². The van der Waals surface area contributed by atoms with Crippen LogP contribution in [-0.2, 0) is 6.54 Å². The normalized spacial score (nSPS) is 20.6. The molecule has 6 nitrogen and oxygen atoms in total. The van der Waals surface area contributed by atoms with Gasteiger partial charge in [0, 0.05) is 36.8 Å². The quantitative estimate of drug-likeness (QED) is 0.866. The Labute approximate surface area is 148 Å². The lowest BCUT2D eigenvalue weighted by atomic mass is 9.98. The Kier molecular flexibility index (Phi) is 4.74. The van der Waals surface area contributed by atoms with Crippen molar-refractivity contribution in [2.45, 2.75) is 31.5 Å². The number of aliphatic hydroxyl groups is 1. The van der Waals surface area contributed by atoms with E-state index in [0.29, 0.717) is 6.04 Å². The van der Waals surface area contributed by atoms with Crippen LogP contribution in [0.5, 0.6) is 5.75 Å². The van der Waals surface area contributed by atoms with Crippen LogP contribution in [0.4, 0.5) is 0 Å². The van der Waals surface area contributed by atoms with Crippen LogP contribution >= 0.6 is 0 Å². The van der Waals surface area contributed by atoms with E-state index in [-0.39, 0.29) is 6.10 Å². The van der Waals surface area contributed by atoms with Gasteiger partial charge in [0.25, 0.3) is 0 Å². The SMILES string of the molecule is COc1ccc(-c2[nH]ncc2CN2CCC(N3CC(O)C3)CC2)cc1. The van der Waals surface area contributed by atoms with E-state index < -0.39 is 0 Å². The number of piperidine rings is 1. The fraction of sp³-hybridized carbons (Fsp3) is 0.526. The van der Waals surface area contributed by atoms with Gasteiger partial charge < -0.3 is 9.84 Å². The van der Waals surface area contributed by atoms with E-state index in [0.717, 1.165) is 49.7 Å². The first-order valence-electron chi connectivity index (χ1n) is 9.04. The van der Waals surface area contributed by atoms with Crippen molar-refractivity contribution in [3.05, 3.63) is 36.0 Å². The number of benzene rings is 1. The van der Waals surface area contributed by atoms with E-state index in [1.54, 1.807) is 7.11 Å². The first-order valence-corrected chi connectivity index (χ1v) is 9.04. The number of β-amino-alcohol motifs (C(OH)–C–C–N with tert-alkyl or cyclic N) is 1. The second-order valence-corrected chi connectivity index (χ2v) is 7.11. The average Bonchev–Trinajstić information content (AvgIpc) is 3.08. The Morgan fingerprint density at radius 2 is 1.92 bits per heavy atom. The van der Waals surface area contributed by atoms with E-state index in [1.807, 2.05) is 18.3 Å². The summed E-state index contributed by atoms with van der Waals surface area (Å²) in [7, 11) is 1.68. The number of aromatic nitrogens is 2. The van der Waals surface area contributed by atoms with Gasteiger partial charge in [-0.05, 0) is 50.2 Å². The van der Waals surface area contributed by atoms with E-state index in [9.17, 15) is 5.11 Å². The Bertz CT molecular complexity index is 686. The molecular weight excluding hydrogens is 316 g/mol. The van der Waals surface area contributed by atoms with Crippen LogP contribution in [0.25, 0.3) is 11.3 Å². The molecule has 25 heavy (non-hydrogen) atoms. The van der Waals surface area contributed by atoms with Crippen molar-refractivity contribution in [1.29, 1.82) is 0 Å². The smallest absolute Gasteiger partial charge is 0.118 e. The molecule has 0 aliphatic carbocycles. The molecule has 0 spiro atoms. The number of likely N-dealkylation sites (tertiary alicyclic amines) is 2. The first kappa shape index (κ1) is 16.6. The number of nitrogens with zero attached hydrogens (tertiary/aromatic N) is 3. The lowest BCUT2D eigenvalue weighted by Gasteiger charge is -2.45. The Morgan fingerprint density at radius 3 is 2.56 bits per heavy atom. The van der Waals surface area contributed by atoms with Crippen molar-refractivity contribution in [3.8, 4) is 17.0 Å². The first-order chi connectivity index (χ1) is 12.2. The van der Waals surface area contributed by atoms with Gasteiger partial charge in [-0.15, -0.1) is 0 Å². The van der Waals surface area contributed by atoms with Gasteiger partial charge in [-0.2, -0.15) is 5.10 Å². The predicted octanol–water partition coefficient (Wildman–Crippen LogP) is 1.73. The molecule has 0 saturated carbocycles. The third kappa shape index (κ3) is 3.56. The Morgan fingerprint density at radius 1 is 1.20 bits per heavy atom. The van der Waals surface area contributed by atoms with E-state index in [2.05, 4.69) is 32.1 Å². The highest BCUT2D eigenvalue weighted by molar-refractivity contribution is 5.63. The van der Waals surface area contributed by atoms with E-state index in [1.165, 1.54) is 18.4 Å². The van der Waals surface area contributed by atoms with E-state index >= 15 is 0 Å². The van der Waals surface area contributed by atoms with Crippen LogP contribution in [0.15, 0.2) is 30.5 Å². The maximum Gasteiger partial charge on any atom is 0.118 e. The van der Waals surface area contributed by atoms with Crippen LogP contribution in [0.1, 0.15) is 18.4 Å². The highest BCUT2D eigenvalue weighted by Crippen LogP contribution is 2.27. The monoisotopic (exact) mass is 342 g/mol. The minimum absolute atomic E-state index is 0.101. The number of nitrogens with one attached hydrogen (secondary N) is 1. The molecular formula is C19H26N4O2. The third-order valence-corrected chi connectivity index (χ3v) is 5.45. The van der Waals surface area contributed by atoms with Gasteiger partial charge in [-0.25, -0.2) is 0 Å². The number of rotatable bonds is 5. The van der Waals surface area contributed by atoms with Crippen LogP contribution < -0.4 is 4.74 Å². The summed E-state index contributed by atoms with van der Waals surface area (Å²) in [5.74, 6) is 0.864. The molecule has 2 fully saturated rings. The number of ether oxygens (including phenoxy) is 1. The molecule has 2 aromatic rings. The van der Waals surface area contributed by atoms with Crippen LogP contribution in [0.3, 0.4) is 0 Å². The number of H-pyrrole nitrogens is 1. The molecule has 1 aromatic heterocycles. The molecule has 1 aromatic carbocycles. The number of methoxy groups -OCH3 is 1. The molecule has 0 unspecified atom stereocenters. The molecule has 6 heteroatoms. The maximum absolute atomic E-state index is 9.47. The molecule has 0 bridgehead atoms. The fourth-order valence-corrected chi connectivity index (χ4v) is 3.91. The van der Waals surface area contributed by atoms with Crippen molar-refractivity contribution in [2.24, 2.45) is 0 Å². The Balaban J connectivity index is 1.36. The van der Waals surface area contributed by atoms with Gasteiger partial charge in [-0.1, -0.05) is 0 Å². The molecule has 134 valence electrons. The lowest BCUT2D eigenvalue weighted by Crippen LogP contribution is -2.57. The summed E-state index contributed by atoms with van der Waals surface area (Å²) in [6, 6.07) is 8.74. The third-order valence-electron chi connectivity index (χ3n) is 5.45. The van der Waals surface area contributed by atoms with Crippen molar-refractivity contribution >= 4 is 0 Å². The summed E-state index contributed by atoms with van der Waals surface area (Å²) in [5.41, 5.74) is 3.47. The van der Waals surface area contributed by atoms with Gasteiger partial charge in [-0.3, -0.25) is 14.9 Å². The molecule has 0 amide bonds. The number of hydrogen-bond acceptors (Lipinski definition) is 5. The fourth-order valence-electron chi connectivity index (χ4n) is 3.91. The summed E-state index contributed by atoms with van der Waals surface area (Å²) < 4.78 is 5.23. The number of hydrogen-bond donors (Lipinski definition) is 2. The van der Waals surface area contributed by atoms with Gasteiger partial charge in [0.15, 0.2) is 0 Å². The summed E-state index contributed by atoms with van der Waals surface area (Å²) in [5, 5.41) is 16.9. The minimum atomic E-state index is -0.101. The number of aromatic amines is 1. The molecule has 2 N–H and O–H groups in total. The number of aliphatic hydroxyl groups excluding tert-OH is 1. The summed E-state index contributed by atoms with van der Waals surface area (Å²) >= 11 is 0. The lowest BCUT2D eigenvalue weighted by molar-refractivity contribution is -0.0402. The van der Waals surface area contributed by atoms with Gasteiger partial charge in [0.05, 0.1) is 25.1 Å². The molecule has 2 aliphatic rings. The molecule has 2 saturated heterocycles. The maximum atomic E-state index is 9.47. The van der Waals surface area contributed by atoms with Gasteiger partial charge in [0.2, 0.25) is 0 Å². The van der Waals surface area contributed by atoms with Crippen molar-refractivity contribution in [1.82, 2.24) is 20.0 Å². The second-order valence-electron chi connectivity index (χ2n) is 7.11. The zero-order valence-electron chi connectivity index (χ0n) is 14.7. The van der Waals surface area contributed by atoms with Crippen molar-refractivity contribution in [3.63, 3.8) is 0 Å². The summed E-state index contributed by atoms with van der Waals surface area (Å²) in [6.45, 7) is 4.84. The molecule has 2 aliphatic heterocycles. The Hall–Kier alpha value is -1.89. The largest absolute Gasteiger partial charge is 0.497 e. The van der Waals surface area contributed by atoms with Crippen LogP contribution in [-0.4, -0.2) is 70.5 Å². The average molecular weight is 342 g/mol. The summed E-state index contributed by atoms with van der Waals surface area (Å²) in [4.78, 5) is 4.92. The second kappa shape index (κ2) is 7.15. The zero-order chi connectivity index (χ0) is 17.2. The van der Waals surface area contributed by atoms with Crippen LogP contribution in [0, 0.1) is 0 Å². The minimum Gasteiger partial charge on any atom is -0.497 e. The molecule has 0 radical (unpaired) electrons.